The van der Waals surface area contributed by atoms with Crippen molar-refractivity contribution in [3.63, 3.8) is 0 Å². The minimum atomic E-state index is -1.01. The number of rotatable bonds is 7. The Labute approximate surface area is 155 Å². The van der Waals surface area contributed by atoms with Crippen molar-refractivity contribution in [3.8, 4) is 17.0 Å². The lowest BCUT2D eigenvalue weighted by molar-refractivity contribution is -0.153. The third kappa shape index (κ3) is 3.72. The maximum atomic E-state index is 12.8. The number of carbonyl (C=O) groups is 3. The second-order valence-electron chi connectivity index (χ2n) is 5.71. The van der Waals surface area contributed by atoms with Crippen LogP contribution in [0.4, 0.5) is 0 Å². The molecule has 0 saturated carbocycles. The van der Waals surface area contributed by atoms with Crippen molar-refractivity contribution in [2.75, 3.05) is 13.7 Å². The minimum absolute atomic E-state index is 0.0749. The zero-order chi connectivity index (χ0) is 19.4. The van der Waals surface area contributed by atoms with E-state index in [9.17, 15) is 14.4 Å². The lowest BCUT2D eigenvalue weighted by atomic mass is 10.0. The number of hydrogen-bond donors (Lipinski definition) is 0. The molecule has 0 amide bonds. The maximum absolute atomic E-state index is 12.8. The molecule has 0 fully saturated rings. The fraction of sp³-hybridized carbons (Fsp3) is 0.200. The summed E-state index contributed by atoms with van der Waals surface area (Å²) in [6.45, 7) is 1.67. The highest BCUT2D eigenvalue weighted by Crippen LogP contribution is 2.27. The van der Waals surface area contributed by atoms with E-state index in [-0.39, 0.29) is 12.3 Å². The summed E-state index contributed by atoms with van der Waals surface area (Å²) in [7, 11) is 1.57. The van der Waals surface area contributed by atoms with Gasteiger partial charge in [-0.3, -0.25) is 14.0 Å². The first-order valence-electron chi connectivity index (χ1n) is 8.39. The Morgan fingerprint density at radius 2 is 1.81 bits per heavy atom. The summed E-state index contributed by atoms with van der Waals surface area (Å²) in [5.41, 5.74) is 1.95. The third-order valence-electron chi connectivity index (χ3n) is 3.98. The number of pyridine rings is 1. The van der Waals surface area contributed by atoms with E-state index in [1.807, 2.05) is 0 Å². The van der Waals surface area contributed by atoms with Gasteiger partial charge < -0.3 is 9.47 Å². The van der Waals surface area contributed by atoms with E-state index in [0.717, 1.165) is 0 Å². The van der Waals surface area contributed by atoms with Crippen LogP contribution in [0.3, 0.4) is 0 Å². The highest BCUT2D eigenvalue weighted by Gasteiger charge is 2.25. The predicted octanol–water partition coefficient (Wildman–Crippen LogP) is 2.71. The molecule has 0 radical (unpaired) electrons. The molecule has 0 unspecified atom stereocenters. The standard InChI is InChI=1S/C20H18N2O5/c1-3-27-20(25)16(24)12-15(23)19-18(13-7-9-14(26-2)10-8-13)21-17-6-4-5-11-22(17)19/h4-11H,3,12H2,1-2H3. The first kappa shape index (κ1) is 18.3. The Morgan fingerprint density at radius 3 is 2.48 bits per heavy atom. The van der Waals surface area contributed by atoms with Crippen molar-refractivity contribution >= 4 is 23.2 Å². The molecule has 0 saturated heterocycles. The molecule has 3 rings (SSSR count). The van der Waals surface area contributed by atoms with Crippen molar-refractivity contribution in [1.82, 2.24) is 9.38 Å². The molecule has 7 heteroatoms. The van der Waals surface area contributed by atoms with E-state index in [1.165, 1.54) is 0 Å². The normalized spacial score (nSPS) is 10.6. The van der Waals surface area contributed by atoms with E-state index in [1.54, 1.807) is 67.1 Å². The van der Waals surface area contributed by atoms with Crippen molar-refractivity contribution in [3.05, 3.63) is 54.4 Å². The molecule has 0 bridgehead atoms. The maximum Gasteiger partial charge on any atom is 0.375 e. The summed E-state index contributed by atoms with van der Waals surface area (Å²) in [5, 5.41) is 0. The van der Waals surface area contributed by atoms with Gasteiger partial charge in [-0.15, -0.1) is 0 Å². The molecular weight excluding hydrogens is 348 g/mol. The predicted molar refractivity (Wildman–Crippen MR) is 97.8 cm³/mol. The Hall–Kier alpha value is -3.48. The lowest BCUT2D eigenvalue weighted by Crippen LogP contribution is -2.21. The van der Waals surface area contributed by atoms with Gasteiger partial charge in [-0.25, -0.2) is 9.78 Å². The highest BCUT2D eigenvalue weighted by atomic mass is 16.5. The summed E-state index contributed by atoms with van der Waals surface area (Å²) >= 11 is 0. The number of ether oxygens (including phenoxy) is 2. The number of carbonyl (C=O) groups excluding carboxylic acids is 3. The Bertz CT molecular complexity index is 1000. The number of hydrogen-bond acceptors (Lipinski definition) is 6. The van der Waals surface area contributed by atoms with Gasteiger partial charge in [0.05, 0.1) is 20.1 Å². The van der Waals surface area contributed by atoms with E-state index in [0.29, 0.717) is 22.7 Å². The average molecular weight is 366 g/mol. The molecular formula is C20H18N2O5. The van der Waals surface area contributed by atoms with Crippen LogP contribution in [0.15, 0.2) is 48.7 Å². The molecule has 0 atom stereocenters. The molecule has 7 nitrogen and oxygen atoms in total. The van der Waals surface area contributed by atoms with Crippen LogP contribution in [0, 0.1) is 0 Å². The Balaban J connectivity index is 2.03. The first-order valence-corrected chi connectivity index (χ1v) is 8.39. The molecule has 0 N–H and O–H groups in total. The molecule has 0 aliphatic heterocycles. The third-order valence-corrected chi connectivity index (χ3v) is 3.98. The number of aromatic nitrogens is 2. The Kier molecular flexibility index (Phi) is 5.30. The molecule has 27 heavy (non-hydrogen) atoms. The summed E-state index contributed by atoms with van der Waals surface area (Å²) in [5.74, 6) is -1.72. The monoisotopic (exact) mass is 366 g/mol. The number of esters is 1. The van der Waals surface area contributed by atoms with Crippen LogP contribution < -0.4 is 4.74 Å². The molecule has 2 aromatic heterocycles. The largest absolute Gasteiger partial charge is 0.497 e. The smallest absolute Gasteiger partial charge is 0.375 e. The van der Waals surface area contributed by atoms with Gasteiger partial charge in [-0.2, -0.15) is 0 Å². The van der Waals surface area contributed by atoms with Crippen molar-refractivity contribution < 1.29 is 23.9 Å². The van der Waals surface area contributed by atoms with Crippen LogP contribution >= 0.6 is 0 Å². The quantitative estimate of drug-likeness (QED) is 0.277. The van der Waals surface area contributed by atoms with E-state index in [2.05, 4.69) is 9.72 Å². The second-order valence-corrected chi connectivity index (χ2v) is 5.71. The number of nitrogens with zero attached hydrogens (tertiary/aromatic N) is 2. The summed E-state index contributed by atoms with van der Waals surface area (Å²) in [6, 6.07) is 12.4. The number of Topliss-reactive ketones (excluding diaryl/α,β-unsaturated/α-hetero) is 2. The molecule has 0 aliphatic rings. The van der Waals surface area contributed by atoms with E-state index >= 15 is 0 Å². The van der Waals surface area contributed by atoms with Crippen LogP contribution in [0.1, 0.15) is 23.8 Å². The van der Waals surface area contributed by atoms with Gasteiger partial charge in [-0.1, -0.05) is 6.07 Å². The number of imidazole rings is 1. The van der Waals surface area contributed by atoms with Gasteiger partial charge >= 0.3 is 5.97 Å². The molecule has 0 spiro atoms. The number of ketones is 2. The van der Waals surface area contributed by atoms with Crippen molar-refractivity contribution in [2.45, 2.75) is 13.3 Å². The number of benzene rings is 1. The fourth-order valence-corrected chi connectivity index (χ4v) is 2.73. The van der Waals surface area contributed by atoms with Gasteiger partial charge in [-0.05, 0) is 43.3 Å². The van der Waals surface area contributed by atoms with Crippen LogP contribution in [-0.4, -0.2) is 40.6 Å². The number of fused-ring (bicyclic) bond motifs is 1. The summed E-state index contributed by atoms with van der Waals surface area (Å²) in [6.07, 6.45) is 1.11. The summed E-state index contributed by atoms with van der Waals surface area (Å²) < 4.78 is 11.4. The first-order chi connectivity index (χ1) is 13.0. The van der Waals surface area contributed by atoms with Gasteiger partial charge in [0, 0.05) is 11.8 Å². The van der Waals surface area contributed by atoms with Gasteiger partial charge in [0.25, 0.3) is 0 Å². The van der Waals surface area contributed by atoms with E-state index < -0.39 is 24.0 Å². The molecule has 138 valence electrons. The van der Waals surface area contributed by atoms with Crippen molar-refractivity contribution in [2.24, 2.45) is 0 Å². The number of methoxy groups -OCH3 is 1. The molecule has 3 aromatic rings. The topological polar surface area (TPSA) is 87.0 Å². The van der Waals surface area contributed by atoms with Crippen LogP contribution in [-0.2, 0) is 14.3 Å². The summed E-state index contributed by atoms with van der Waals surface area (Å²) in [4.78, 5) is 40.9. The van der Waals surface area contributed by atoms with Crippen LogP contribution in [0.2, 0.25) is 0 Å². The second kappa shape index (κ2) is 7.82. The van der Waals surface area contributed by atoms with Gasteiger partial charge in [0.15, 0.2) is 5.78 Å². The van der Waals surface area contributed by atoms with Crippen LogP contribution in [0.5, 0.6) is 5.75 Å². The zero-order valence-electron chi connectivity index (χ0n) is 15.0. The lowest BCUT2D eigenvalue weighted by Gasteiger charge is -2.05. The minimum Gasteiger partial charge on any atom is -0.497 e. The van der Waals surface area contributed by atoms with Crippen LogP contribution in [0.25, 0.3) is 16.9 Å². The molecule has 0 aliphatic carbocycles. The van der Waals surface area contributed by atoms with Gasteiger partial charge in [0.2, 0.25) is 5.78 Å². The average Bonchev–Trinajstić information content (AvgIpc) is 3.07. The SMILES string of the molecule is CCOC(=O)C(=O)CC(=O)c1c(-c2ccc(OC)cc2)nc2ccccn12. The fourth-order valence-electron chi connectivity index (χ4n) is 2.73. The molecule has 2 heterocycles. The zero-order valence-corrected chi connectivity index (χ0v) is 15.0. The van der Waals surface area contributed by atoms with Crippen molar-refractivity contribution in [1.29, 1.82) is 0 Å². The van der Waals surface area contributed by atoms with E-state index in [4.69, 9.17) is 4.74 Å². The molecule has 1 aromatic carbocycles. The van der Waals surface area contributed by atoms with Gasteiger partial charge in [0.1, 0.15) is 22.8 Å². The Morgan fingerprint density at radius 1 is 1.07 bits per heavy atom. The highest BCUT2D eigenvalue weighted by molar-refractivity contribution is 6.38.